The molecule has 0 unspecified atom stereocenters. The van der Waals surface area contributed by atoms with Crippen LogP contribution in [0.15, 0.2) is 4.99 Å². The van der Waals surface area contributed by atoms with E-state index in [4.69, 9.17) is 4.74 Å². The van der Waals surface area contributed by atoms with E-state index in [1.165, 1.54) is 12.2 Å². The van der Waals surface area contributed by atoms with Crippen molar-refractivity contribution in [2.45, 2.75) is 51.5 Å². The molecule has 0 atom stereocenters. The summed E-state index contributed by atoms with van der Waals surface area (Å²) in [7, 11) is 1.81. The molecule has 0 spiro atoms. The Hall–Kier alpha value is -0.180. The van der Waals surface area contributed by atoms with Crippen LogP contribution < -0.4 is 10.6 Å². The highest BCUT2D eigenvalue weighted by molar-refractivity contribution is 14.0. The van der Waals surface area contributed by atoms with Crippen LogP contribution in [0.25, 0.3) is 0 Å². The molecular formula is C16H32IN3O2S. The molecule has 1 saturated carbocycles. The SMILES string of the molecule is CCOC(=O)C1CCC(NC(=NC)NCCCCSC)CC1.I. The lowest BCUT2D eigenvalue weighted by Crippen LogP contribution is -2.45. The lowest BCUT2D eigenvalue weighted by atomic mass is 9.86. The molecule has 0 amide bonds. The van der Waals surface area contributed by atoms with E-state index in [9.17, 15) is 4.79 Å². The van der Waals surface area contributed by atoms with Crippen molar-refractivity contribution in [1.29, 1.82) is 0 Å². The summed E-state index contributed by atoms with van der Waals surface area (Å²) in [5.74, 6) is 2.14. The summed E-state index contributed by atoms with van der Waals surface area (Å²) in [5, 5.41) is 6.84. The van der Waals surface area contributed by atoms with Crippen LogP contribution >= 0.6 is 35.7 Å². The molecule has 0 bridgehead atoms. The zero-order valence-corrected chi connectivity index (χ0v) is 17.7. The first kappa shape index (κ1) is 22.8. The molecule has 0 aromatic carbocycles. The topological polar surface area (TPSA) is 62.7 Å². The minimum Gasteiger partial charge on any atom is -0.466 e. The Kier molecular flexibility index (Phi) is 14.1. The largest absolute Gasteiger partial charge is 0.466 e. The second kappa shape index (κ2) is 14.2. The maximum absolute atomic E-state index is 11.7. The number of halogens is 1. The number of nitrogens with zero attached hydrogens (tertiary/aromatic N) is 1. The predicted octanol–water partition coefficient (Wildman–Crippen LogP) is 3.03. The van der Waals surface area contributed by atoms with E-state index in [0.29, 0.717) is 12.6 Å². The number of nitrogens with one attached hydrogen (secondary N) is 2. The zero-order chi connectivity index (χ0) is 16.2. The van der Waals surface area contributed by atoms with Gasteiger partial charge < -0.3 is 15.4 Å². The van der Waals surface area contributed by atoms with Crippen molar-refractivity contribution >= 4 is 47.7 Å². The van der Waals surface area contributed by atoms with Gasteiger partial charge in [-0.2, -0.15) is 11.8 Å². The minimum absolute atomic E-state index is 0. The van der Waals surface area contributed by atoms with E-state index in [-0.39, 0.29) is 35.9 Å². The highest BCUT2D eigenvalue weighted by atomic mass is 127. The monoisotopic (exact) mass is 457 g/mol. The average Bonchev–Trinajstić information content (AvgIpc) is 2.54. The van der Waals surface area contributed by atoms with Crippen molar-refractivity contribution in [3.8, 4) is 0 Å². The first-order valence-electron chi connectivity index (χ1n) is 8.34. The number of hydrogen-bond donors (Lipinski definition) is 2. The van der Waals surface area contributed by atoms with Gasteiger partial charge in [-0.15, -0.1) is 24.0 Å². The molecule has 136 valence electrons. The molecule has 2 N–H and O–H groups in total. The number of ether oxygens (including phenoxy) is 1. The van der Waals surface area contributed by atoms with Crippen molar-refractivity contribution in [3.63, 3.8) is 0 Å². The molecule has 0 heterocycles. The molecule has 0 aromatic rings. The summed E-state index contributed by atoms with van der Waals surface area (Å²) < 4.78 is 5.11. The highest BCUT2D eigenvalue weighted by Gasteiger charge is 2.27. The highest BCUT2D eigenvalue weighted by Crippen LogP contribution is 2.25. The van der Waals surface area contributed by atoms with Crippen molar-refractivity contribution in [1.82, 2.24) is 10.6 Å². The Morgan fingerprint density at radius 1 is 1.26 bits per heavy atom. The van der Waals surface area contributed by atoms with Gasteiger partial charge in [-0.3, -0.25) is 9.79 Å². The molecule has 23 heavy (non-hydrogen) atoms. The fourth-order valence-corrected chi connectivity index (χ4v) is 3.19. The van der Waals surface area contributed by atoms with E-state index >= 15 is 0 Å². The van der Waals surface area contributed by atoms with Crippen molar-refractivity contribution in [2.24, 2.45) is 10.9 Å². The maximum Gasteiger partial charge on any atom is 0.308 e. The van der Waals surface area contributed by atoms with Crippen LogP contribution in [-0.2, 0) is 9.53 Å². The van der Waals surface area contributed by atoms with Gasteiger partial charge in [-0.25, -0.2) is 0 Å². The number of carbonyl (C=O) groups excluding carboxylic acids is 1. The first-order valence-corrected chi connectivity index (χ1v) is 9.73. The second-order valence-corrected chi connectivity index (χ2v) is 6.63. The summed E-state index contributed by atoms with van der Waals surface area (Å²) in [6.45, 7) is 3.29. The summed E-state index contributed by atoms with van der Waals surface area (Å²) in [5.41, 5.74) is 0. The summed E-state index contributed by atoms with van der Waals surface area (Å²) in [6.07, 6.45) is 8.34. The molecular weight excluding hydrogens is 425 g/mol. The van der Waals surface area contributed by atoms with Gasteiger partial charge in [-0.05, 0) is 57.5 Å². The van der Waals surface area contributed by atoms with E-state index in [0.717, 1.165) is 44.6 Å². The summed E-state index contributed by atoms with van der Waals surface area (Å²) in [6, 6.07) is 0.406. The standard InChI is InChI=1S/C16H31N3O2S.HI/c1-4-21-15(20)13-7-9-14(10-8-13)19-16(17-2)18-11-5-6-12-22-3;/h13-14H,4-12H2,1-3H3,(H2,17,18,19);1H. The molecule has 0 radical (unpaired) electrons. The third-order valence-electron chi connectivity index (χ3n) is 3.98. The molecule has 1 aliphatic rings. The normalized spacial score (nSPS) is 21.3. The average molecular weight is 457 g/mol. The van der Waals surface area contributed by atoms with Crippen LogP contribution in [0.4, 0.5) is 0 Å². The van der Waals surface area contributed by atoms with E-state index < -0.39 is 0 Å². The summed E-state index contributed by atoms with van der Waals surface area (Å²) >= 11 is 1.89. The molecule has 0 aliphatic heterocycles. The molecule has 1 fully saturated rings. The molecule has 5 nitrogen and oxygen atoms in total. The Labute approximate surface area is 162 Å². The van der Waals surface area contributed by atoms with Crippen LogP contribution in [-0.4, -0.2) is 50.2 Å². The van der Waals surface area contributed by atoms with E-state index in [2.05, 4.69) is 21.9 Å². The number of rotatable bonds is 8. The third-order valence-corrected chi connectivity index (χ3v) is 4.68. The first-order chi connectivity index (χ1) is 10.7. The van der Waals surface area contributed by atoms with Crippen LogP contribution in [0, 0.1) is 5.92 Å². The minimum atomic E-state index is -0.0303. The van der Waals surface area contributed by atoms with Gasteiger partial charge in [0.2, 0.25) is 0 Å². The number of hydrogen-bond acceptors (Lipinski definition) is 4. The lowest BCUT2D eigenvalue weighted by Gasteiger charge is -2.29. The Balaban J connectivity index is 0.00000484. The second-order valence-electron chi connectivity index (χ2n) is 5.64. The zero-order valence-electron chi connectivity index (χ0n) is 14.6. The van der Waals surface area contributed by atoms with Gasteiger partial charge in [0.05, 0.1) is 12.5 Å². The predicted molar refractivity (Wildman–Crippen MR) is 110 cm³/mol. The van der Waals surface area contributed by atoms with Gasteiger partial charge >= 0.3 is 5.97 Å². The molecule has 1 rings (SSSR count). The quantitative estimate of drug-likeness (QED) is 0.193. The van der Waals surface area contributed by atoms with Crippen LogP contribution in [0.1, 0.15) is 45.4 Å². The molecule has 1 aliphatic carbocycles. The van der Waals surface area contributed by atoms with Gasteiger partial charge in [0.1, 0.15) is 0 Å². The number of unbranched alkanes of at least 4 members (excludes halogenated alkanes) is 1. The number of guanidine groups is 1. The van der Waals surface area contributed by atoms with E-state index in [1.54, 1.807) is 0 Å². The van der Waals surface area contributed by atoms with Gasteiger partial charge in [0.15, 0.2) is 5.96 Å². The fraction of sp³-hybridized carbons (Fsp3) is 0.875. The Morgan fingerprint density at radius 3 is 2.52 bits per heavy atom. The fourth-order valence-electron chi connectivity index (χ4n) is 2.70. The lowest BCUT2D eigenvalue weighted by molar-refractivity contribution is -0.149. The van der Waals surface area contributed by atoms with Crippen LogP contribution in [0.3, 0.4) is 0 Å². The number of esters is 1. The number of aliphatic imine (C=N–C) groups is 1. The van der Waals surface area contributed by atoms with Crippen molar-refractivity contribution in [3.05, 3.63) is 0 Å². The van der Waals surface area contributed by atoms with Crippen LogP contribution in [0.2, 0.25) is 0 Å². The van der Waals surface area contributed by atoms with Gasteiger partial charge in [0, 0.05) is 19.6 Å². The third kappa shape index (κ3) is 9.64. The van der Waals surface area contributed by atoms with Gasteiger partial charge in [-0.1, -0.05) is 0 Å². The van der Waals surface area contributed by atoms with E-state index in [1.807, 2.05) is 25.7 Å². The molecule has 0 saturated heterocycles. The van der Waals surface area contributed by atoms with Crippen molar-refractivity contribution < 1.29 is 9.53 Å². The molecule has 7 heteroatoms. The van der Waals surface area contributed by atoms with Crippen LogP contribution in [0.5, 0.6) is 0 Å². The molecule has 0 aromatic heterocycles. The number of carbonyl (C=O) groups is 1. The maximum atomic E-state index is 11.7. The summed E-state index contributed by atoms with van der Waals surface area (Å²) in [4.78, 5) is 16.0. The smallest absolute Gasteiger partial charge is 0.308 e. The van der Waals surface area contributed by atoms with Gasteiger partial charge in [0.25, 0.3) is 0 Å². The Morgan fingerprint density at radius 2 is 1.96 bits per heavy atom. The van der Waals surface area contributed by atoms with Crippen molar-refractivity contribution in [2.75, 3.05) is 32.2 Å². The number of thioether (sulfide) groups is 1. The Bertz CT molecular complexity index is 348.